The number of carbonyl (C=O) groups excluding carboxylic acids is 1. The number of hydrazone groups is 1. The second kappa shape index (κ2) is 9.05. The van der Waals surface area contributed by atoms with Gasteiger partial charge in [0, 0.05) is 36.0 Å². The van der Waals surface area contributed by atoms with Crippen molar-refractivity contribution in [2.75, 3.05) is 18.0 Å². The predicted molar refractivity (Wildman–Crippen MR) is 115 cm³/mol. The third-order valence-corrected chi connectivity index (χ3v) is 4.68. The number of aromatic nitrogens is 2. The molecule has 1 heterocycles. The normalized spacial score (nSPS) is 11.0. The van der Waals surface area contributed by atoms with Gasteiger partial charge < -0.3 is 10.0 Å². The van der Waals surface area contributed by atoms with E-state index in [0.29, 0.717) is 17.0 Å². The fraction of sp³-hybridized carbons (Fsp3) is 0.227. The smallest absolute Gasteiger partial charge is 0.289 e. The molecule has 1 amide bonds. The zero-order chi connectivity index (χ0) is 20.8. The maximum absolute atomic E-state index is 12.3. The number of aromatic amines is 1. The molecule has 7 heteroatoms. The van der Waals surface area contributed by atoms with Crippen molar-refractivity contribution in [3.05, 3.63) is 65.4 Å². The fourth-order valence-electron chi connectivity index (χ4n) is 2.96. The number of phenolic OH excluding ortho intramolecular Hbond substituents is 1. The molecule has 2 aromatic carbocycles. The summed E-state index contributed by atoms with van der Waals surface area (Å²) >= 11 is 0. The van der Waals surface area contributed by atoms with Gasteiger partial charge in [-0.3, -0.25) is 9.89 Å². The maximum Gasteiger partial charge on any atom is 0.289 e. The van der Waals surface area contributed by atoms with Crippen molar-refractivity contribution in [3.63, 3.8) is 0 Å². The number of aromatic hydroxyl groups is 1. The van der Waals surface area contributed by atoms with Gasteiger partial charge in [-0.2, -0.15) is 10.2 Å². The molecule has 29 heavy (non-hydrogen) atoms. The Hall–Kier alpha value is -3.61. The highest BCUT2D eigenvalue weighted by Crippen LogP contribution is 2.23. The third kappa shape index (κ3) is 4.82. The van der Waals surface area contributed by atoms with Gasteiger partial charge in [-0.1, -0.05) is 29.8 Å². The van der Waals surface area contributed by atoms with Crippen LogP contribution in [0.2, 0.25) is 0 Å². The molecule has 3 rings (SSSR count). The number of nitrogens with zero attached hydrogens (tertiary/aromatic N) is 3. The van der Waals surface area contributed by atoms with E-state index in [9.17, 15) is 9.90 Å². The molecule has 3 N–H and O–H groups in total. The van der Waals surface area contributed by atoms with Crippen molar-refractivity contribution < 1.29 is 9.90 Å². The number of rotatable bonds is 7. The molecule has 0 aliphatic rings. The van der Waals surface area contributed by atoms with Gasteiger partial charge in [-0.25, -0.2) is 5.43 Å². The number of benzene rings is 2. The van der Waals surface area contributed by atoms with Gasteiger partial charge in [0.25, 0.3) is 5.91 Å². The highest BCUT2D eigenvalue weighted by atomic mass is 16.3. The number of H-pyrrole nitrogens is 1. The number of phenols is 1. The number of hydrogen-bond acceptors (Lipinski definition) is 5. The molecule has 1 aromatic heterocycles. The van der Waals surface area contributed by atoms with Crippen LogP contribution in [0.15, 0.2) is 53.6 Å². The molecule has 0 unspecified atom stereocenters. The van der Waals surface area contributed by atoms with Gasteiger partial charge in [0.05, 0.1) is 11.9 Å². The van der Waals surface area contributed by atoms with E-state index >= 15 is 0 Å². The van der Waals surface area contributed by atoms with E-state index in [1.165, 1.54) is 6.21 Å². The summed E-state index contributed by atoms with van der Waals surface area (Å²) in [6, 6.07) is 14.9. The lowest BCUT2D eigenvalue weighted by molar-refractivity contribution is 0.0950. The predicted octanol–water partition coefficient (Wildman–Crippen LogP) is 3.70. The Morgan fingerprint density at radius 3 is 2.55 bits per heavy atom. The van der Waals surface area contributed by atoms with E-state index in [1.54, 1.807) is 18.2 Å². The van der Waals surface area contributed by atoms with Crippen LogP contribution in [0.1, 0.15) is 35.5 Å². The average Bonchev–Trinajstić information content (AvgIpc) is 3.21. The number of aryl methyl sites for hydroxylation is 1. The molecular formula is C22H25N5O2. The van der Waals surface area contributed by atoms with Gasteiger partial charge >= 0.3 is 0 Å². The zero-order valence-corrected chi connectivity index (χ0v) is 16.8. The van der Waals surface area contributed by atoms with Crippen LogP contribution in [0.5, 0.6) is 5.75 Å². The quantitative estimate of drug-likeness (QED) is 0.423. The minimum atomic E-state index is -0.411. The fourth-order valence-corrected chi connectivity index (χ4v) is 2.96. The highest BCUT2D eigenvalue weighted by molar-refractivity contribution is 5.94. The molecule has 0 aliphatic carbocycles. The SMILES string of the molecule is CCN(CC)c1ccc(C=NNC(=O)c2cc(-c3ccc(C)cc3)n[nH]2)c(O)c1. The Morgan fingerprint density at radius 2 is 1.90 bits per heavy atom. The Bertz CT molecular complexity index is 1000. The number of hydrogen-bond donors (Lipinski definition) is 3. The first-order valence-electron chi connectivity index (χ1n) is 9.55. The van der Waals surface area contributed by atoms with Gasteiger partial charge in [0.1, 0.15) is 11.4 Å². The van der Waals surface area contributed by atoms with E-state index in [0.717, 1.165) is 29.9 Å². The Kier molecular flexibility index (Phi) is 6.29. The lowest BCUT2D eigenvalue weighted by atomic mass is 10.1. The van der Waals surface area contributed by atoms with Crippen molar-refractivity contribution in [1.29, 1.82) is 0 Å². The zero-order valence-electron chi connectivity index (χ0n) is 16.8. The summed E-state index contributed by atoms with van der Waals surface area (Å²) in [5.74, 6) is -0.304. The van der Waals surface area contributed by atoms with Crippen LogP contribution in [0.3, 0.4) is 0 Å². The van der Waals surface area contributed by atoms with Gasteiger partial charge in [-0.15, -0.1) is 0 Å². The number of anilines is 1. The summed E-state index contributed by atoms with van der Waals surface area (Å²) in [6.07, 6.45) is 1.41. The standard InChI is InChI=1S/C22H25N5O2/c1-4-27(5-2)18-11-10-17(21(28)12-18)14-23-26-22(29)20-13-19(24-25-20)16-8-6-15(3)7-9-16/h6-14,28H,4-5H2,1-3H3,(H,24,25)(H,26,29). The summed E-state index contributed by atoms with van der Waals surface area (Å²) in [5.41, 5.74) is 6.97. The summed E-state index contributed by atoms with van der Waals surface area (Å²) in [4.78, 5) is 14.4. The molecule has 0 aliphatic heterocycles. The molecule has 0 radical (unpaired) electrons. The second-order valence-corrected chi connectivity index (χ2v) is 6.65. The van der Waals surface area contributed by atoms with E-state index in [1.807, 2.05) is 37.3 Å². The maximum atomic E-state index is 12.3. The first-order chi connectivity index (χ1) is 14.0. The molecule has 0 saturated carbocycles. The molecule has 0 atom stereocenters. The third-order valence-electron chi connectivity index (χ3n) is 4.68. The highest BCUT2D eigenvalue weighted by Gasteiger charge is 2.11. The first kappa shape index (κ1) is 20.1. The van der Waals surface area contributed by atoms with Crippen LogP contribution in [0, 0.1) is 6.92 Å². The summed E-state index contributed by atoms with van der Waals surface area (Å²) in [7, 11) is 0. The lowest BCUT2D eigenvalue weighted by Gasteiger charge is -2.21. The van der Waals surface area contributed by atoms with Crippen molar-refractivity contribution in [1.82, 2.24) is 15.6 Å². The van der Waals surface area contributed by atoms with Crippen LogP contribution in [0.4, 0.5) is 5.69 Å². The van der Waals surface area contributed by atoms with Crippen LogP contribution in [-0.2, 0) is 0 Å². The topological polar surface area (TPSA) is 93.6 Å². The molecule has 7 nitrogen and oxygen atoms in total. The molecule has 0 saturated heterocycles. The summed E-state index contributed by atoms with van der Waals surface area (Å²) in [6.45, 7) is 7.85. The Labute approximate surface area is 170 Å². The molecule has 0 bridgehead atoms. The van der Waals surface area contributed by atoms with Gasteiger partial charge in [0.2, 0.25) is 0 Å². The van der Waals surface area contributed by atoms with Crippen LogP contribution < -0.4 is 10.3 Å². The Morgan fingerprint density at radius 1 is 1.17 bits per heavy atom. The van der Waals surface area contributed by atoms with E-state index in [4.69, 9.17) is 0 Å². The average molecular weight is 391 g/mol. The number of nitrogens with one attached hydrogen (secondary N) is 2. The van der Waals surface area contributed by atoms with Crippen molar-refractivity contribution in [2.24, 2.45) is 5.10 Å². The monoisotopic (exact) mass is 391 g/mol. The largest absolute Gasteiger partial charge is 0.507 e. The van der Waals surface area contributed by atoms with E-state index < -0.39 is 5.91 Å². The second-order valence-electron chi connectivity index (χ2n) is 6.65. The first-order valence-corrected chi connectivity index (χ1v) is 9.55. The number of amides is 1. The minimum absolute atomic E-state index is 0.107. The lowest BCUT2D eigenvalue weighted by Crippen LogP contribution is -2.21. The minimum Gasteiger partial charge on any atom is -0.507 e. The van der Waals surface area contributed by atoms with Crippen molar-refractivity contribution in [2.45, 2.75) is 20.8 Å². The van der Waals surface area contributed by atoms with Crippen molar-refractivity contribution >= 4 is 17.8 Å². The van der Waals surface area contributed by atoms with Crippen molar-refractivity contribution in [3.8, 4) is 17.0 Å². The summed E-state index contributed by atoms with van der Waals surface area (Å²) < 4.78 is 0. The van der Waals surface area contributed by atoms with E-state index in [-0.39, 0.29) is 5.75 Å². The summed E-state index contributed by atoms with van der Waals surface area (Å²) in [5, 5.41) is 21.1. The van der Waals surface area contributed by atoms with Gasteiger partial charge in [-0.05, 0) is 39.0 Å². The molecule has 3 aromatic rings. The number of carbonyl (C=O) groups is 1. The van der Waals surface area contributed by atoms with E-state index in [2.05, 4.69) is 39.5 Å². The van der Waals surface area contributed by atoms with Crippen LogP contribution in [-0.4, -0.2) is 40.5 Å². The Balaban J connectivity index is 1.65. The molecule has 0 fully saturated rings. The van der Waals surface area contributed by atoms with Crippen LogP contribution in [0.25, 0.3) is 11.3 Å². The molecule has 150 valence electrons. The van der Waals surface area contributed by atoms with Crippen LogP contribution >= 0.6 is 0 Å². The molecule has 0 spiro atoms. The van der Waals surface area contributed by atoms with Gasteiger partial charge in [0.15, 0.2) is 0 Å². The molecular weight excluding hydrogens is 366 g/mol.